The molecule has 1 saturated carbocycles. The van der Waals surface area contributed by atoms with E-state index in [4.69, 9.17) is 4.52 Å². The van der Waals surface area contributed by atoms with Crippen molar-refractivity contribution >= 4 is 21.9 Å². The van der Waals surface area contributed by atoms with Gasteiger partial charge in [-0.1, -0.05) is 11.6 Å². The van der Waals surface area contributed by atoms with Gasteiger partial charge in [0.25, 0.3) is 5.89 Å². The van der Waals surface area contributed by atoms with Gasteiger partial charge < -0.3 is 9.42 Å². The molecule has 1 aliphatic heterocycles. The first-order valence-corrected chi connectivity index (χ1v) is 8.19. The molecular formula is C14H15BrFN5O. The lowest BCUT2D eigenvalue weighted by Crippen LogP contribution is -2.28. The minimum Gasteiger partial charge on any atom is -0.337 e. The highest BCUT2D eigenvalue weighted by molar-refractivity contribution is 9.10. The molecule has 2 aromatic heterocycles. The summed E-state index contributed by atoms with van der Waals surface area (Å²) in [6.45, 7) is 0.667. The molecule has 8 heteroatoms. The Hall–Kier alpha value is -1.57. The normalized spacial score (nSPS) is 25.5. The molecule has 0 radical (unpaired) electrons. The third kappa shape index (κ3) is 2.39. The minimum atomic E-state index is -1.62. The molecule has 0 aromatic carbocycles. The minimum absolute atomic E-state index is 0.0917. The number of rotatable bonds is 3. The van der Waals surface area contributed by atoms with E-state index in [2.05, 4.69) is 36.0 Å². The molecule has 3 heterocycles. The second kappa shape index (κ2) is 5.26. The number of anilines is 1. The Labute approximate surface area is 135 Å². The lowest BCUT2D eigenvalue weighted by Gasteiger charge is -2.21. The molecule has 2 fully saturated rings. The maximum Gasteiger partial charge on any atom is 0.266 e. The van der Waals surface area contributed by atoms with Crippen LogP contribution in [0.1, 0.15) is 43.3 Å². The molecule has 0 N–H and O–H groups in total. The van der Waals surface area contributed by atoms with E-state index in [9.17, 15) is 0 Å². The van der Waals surface area contributed by atoms with Crippen LogP contribution in [0.2, 0.25) is 0 Å². The summed E-state index contributed by atoms with van der Waals surface area (Å²) < 4.78 is 21.2. The zero-order chi connectivity index (χ0) is 15.2. The van der Waals surface area contributed by atoms with Crippen molar-refractivity contribution in [1.82, 2.24) is 20.1 Å². The van der Waals surface area contributed by atoms with Crippen LogP contribution in [0.3, 0.4) is 0 Å². The number of hydrogen-bond donors (Lipinski definition) is 0. The predicted octanol–water partition coefficient (Wildman–Crippen LogP) is 2.96. The van der Waals surface area contributed by atoms with Crippen molar-refractivity contribution in [2.75, 3.05) is 18.0 Å². The zero-order valence-electron chi connectivity index (χ0n) is 11.9. The van der Waals surface area contributed by atoms with Gasteiger partial charge in [-0.2, -0.15) is 4.98 Å². The van der Waals surface area contributed by atoms with E-state index >= 15 is 4.39 Å². The fraction of sp³-hybridized carbons (Fsp3) is 0.571. The van der Waals surface area contributed by atoms with Crippen LogP contribution in [0.25, 0.3) is 0 Å². The van der Waals surface area contributed by atoms with Gasteiger partial charge >= 0.3 is 0 Å². The third-order valence-corrected chi connectivity index (χ3v) is 4.81. The summed E-state index contributed by atoms with van der Waals surface area (Å²) in [6.07, 6.45) is 6.93. The lowest BCUT2D eigenvalue weighted by molar-refractivity contribution is 0.135. The van der Waals surface area contributed by atoms with E-state index in [1.54, 1.807) is 17.3 Å². The van der Waals surface area contributed by atoms with E-state index in [1.165, 1.54) is 6.42 Å². The van der Waals surface area contributed by atoms with Gasteiger partial charge in [-0.25, -0.2) is 14.4 Å². The number of nitrogens with zero attached hydrogens (tertiary/aromatic N) is 5. The number of aromatic nitrogens is 4. The van der Waals surface area contributed by atoms with Crippen LogP contribution in [0.5, 0.6) is 0 Å². The molecule has 0 spiro atoms. The molecule has 6 nitrogen and oxygen atoms in total. The van der Waals surface area contributed by atoms with E-state index < -0.39 is 5.67 Å². The molecule has 4 rings (SSSR count). The Morgan fingerprint density at radius 3 is 2.77 bits per heavy atom. The average Bonchev–Trinajstić information content (AvgIpc) is 3.06. The van der Waals surface area contributed by atoms with Gasteiger partial charge in [0.1, 0.15) is 0 Å². The standard InChI is InChI=1S/C14H15BrFN5O/c15-10-6-17-13(18-7-10)21-5-4-14(16,8-21)12-19-11(20-22-12)9-2-1-3-9/h6-7,9H,1-5,8H2. The van der Waals surface area contributed by atoms with Gasteiger partial charge in [0.15, 0.2) is 5.82 Å². The molecule has 116 valence electrons. The fourth-order valence-corrected chi connectivity index (χ4v) is 3.04. The van der Waals surface area contributed by atoms with Crippen molar-refractivity contribution in [3.05, 3.63) is 28.6 Å². The summed E-state index contributed by atoms with van der Waals surface area (Å²) in [5.74, 6) is 1.60. The molecule has 1 atom stereocenters. The Kier molecular flexibility index (Phi) is 3.36. The van der Waals surface area contributed by atoms with Crippen LogP contribution in [-0.2, 0) is 5.67 Å². The number of alkyl halides is 1. The van der Waals surface area contributed by atoms with Crippen molar-refractivity contribution in [2.45, 2.75) is 37.3 Å². The summed E-state index contributed by atoms with van der Waals surface area (Å²) in [4.78, 5) is 14.5. The molecule has 1 aliphatic carbocycles. The first-order valence-electron chi connectivity index (χ1n) is 7.39. The van der Waals surface area contributed by atoms with E-state index in [-0.39, 0.29) is 12.4 Å². The van der Waals surface area contributed by atoms with Crippen LogP contribution in [0.4, 0.5) is 10.3 Å². The summed E-state index contributed by atoms with van der Waals surface area (Å²) in [6, 6.07) is 0. The molecule has 2 aliphatic rings. The van der Waals surface area contributed by atoms with E-state index in [1.807, 2.05) is 0 Å². The molecule has 22 heavy (non-hydrogen) atoms. The summed E-state index contributed by atoms with van der Waals surface area (Å²) in [7, 11) is 0. The SMILES string of the molecule is FC1(c2nc(C3CCC3)no2)CCN(c2ncc(Br)cn2)C1. The van der Waals surface area contributed by atoms with Gasteiger partial charge in [-0.05, 0) is 28.8 Å². The lowest BCUT2D eigenvalue weighted by atomic mass is 9.85. The van der Waals surface area contributed by atoms with Gasteiger partial charge in [0.05, 0.1) is 11.0 Å². The first-order chi connectivity index (χ1) is 10.6. The van der Waals surface area contributed by atoms with Crippen LogP contribution >= 0.6 is 15.9 Å². The third-order valence-electron chi connectivity index (χ3n) is 4.40. The Morgan fingerprint density at radius 1 is 1.32 bits per heavy atom. The van der Waals surface area contributed by atoms with E-state index in [0.29, 0.717) is 30.7 Å². The van der Waals surface area contributed by atoms with E-state index in [0.717, 1.165) is 17.3 Å². The number of hydrogen-bond acceptors (Lipinski definition) is 6. The van der Waals surface area contributed by atoms with Gasteiger partial charge in [-0.3, -0.25) is 0 Å². The summed E-state index contributed by atoms with van der Waals surface area (Å²) >= 11 is 3.29. The maximum atomic E-state index is 15.2. The van der Waals surface area contributed by atoms with Crippen LogP contribution < -0.4 is 4.90 Å². The average molecular weight is 368 g/mol. The fourth-order valence-electron chi connectivity index (χ4n) is 2.84. The van der Waals surface area contributed by atoms with Gasteiger partial charge in [-0.15, -0.1) is 0 Å². The maximum absolute atomic E-state index is 15.2. The van der Waals surface area contributed by atoms with Crippen molar-refractivity contribution in [2.24, 2.45) is 0 Å². The van der Waals surface area contributed by atoms with Gasteiger partial charge in [0, 0.05) is 31.3 Å². The molecular weight excluding hydrogens is 353 g/mol. The van der Waals surface area contributed by atoms with Crippen molar-refractivity contribution in [3.63, 3.8) is 0 Å². The largest absolute Gasteiger partial charge is 0.337 e. The summed E-state index contributed by atoms with van der Waals surface area (Å²) in [5.41, 5.74) is -1.62. The number of halogens is 2. The van der Waals surface area contributed by atoms with Gasteiger partial charge in [0.2, 0.25) is 11.6 Å². The zero-order valence-corrected chi connectivity index (χ0v) is 13.5. The van der Waals surface area contributed by atoms with Crippen molar-refractivity contribution in [3.8, 4) is 0 Å². The van der Waals surface area contributed by atoms with Crippen molar-refractivity contribution < 1.29 is 8.91 Å². The highest BCUT2D eigenvalue weighted by Gasteiger charge is 2.46. The second-order valence-electron chi connectivity index (χ2n) is 5.92. The molecule has 1 unspecified atom stereocenters. The highest BCUT2D eigenvalue weighted by atomic mass is 79.9. The quantitative estimate of drug-likeness (QED) is 0.830. The van der Waals surface area contributed by atoms with Crippen LogP contribution in [0.15, 0.2) is 21.4 Å². The molecule has 1 saturated heterocycles. The van der Waals surface area contributed by atoms with Crippen molar-refractivity contribution in [1.29, 1.82) is 0 Å². The van der Waals surface area contributed by atoms with Crippen LogP contribution in [-0.4, -0.2) is 33.2 Å². The molecule has 0 bridgehead atoms. The summed E-state index contributed by atoms with van der Waals surface area (Å²) in [5, 5.41) is 3.96. The molecule has 0 amide bonds. The smallest absolute Gasteiger partial charge is 0.266 e. The topological polar surface area (TPSA) is 67.9 Å². The Balaban J connectivity index is 1.52. The highest BCUT2D eigenvalue weighted by Crippen LogP contribution is 2.39. The Morgan fingerprint density at radius 2 is 2.09 bits per heavy atom. The predicted molar refractivity (Wildman–Crippen MR) is 80.2 cm³/mol. The Bertz CT molecular complexity index is 674. The monoisotopic (exact) mass is 367 g/mol. The molecule has 2 aromatic rings. The second-order valence-corrected chi connectivity index (χ2v) is 6.84. The van der Waals surface area contributed by atoms with Crippen LogP contribution in [0, 0.1) is 0 Å². The first kappa shape index (κ1) is 14.0.